The Kier molecular flexibility index (Phi) is 7.37. The van der Waals surface area contributed by atoms with E-state index in [9.17, 15) is 0 Å². The van der Waals surface area contributed by atoms with Crippen LogP contribution in [0.1, 0.15) is 45.4 Å². The third-order valence-electron chi connectivity index (χ3n) is 7.37. The van der Waals surface area contributed by atoms with E-state index in [2.05, 4.69) is 57.7 Å². The number of rotatable bonds is 9. The molecule has 2 saturated heterocycles. The van der Waals surface area contributed by atoms with Gasteiger partial charge in [0, 0.05) is 36.5 Å². The van der Waals surface area contributed by atoms with Crippen molar-refractivity contribution in [2.45, 2.75) is 52.0 Å². The number of likely N-dealkylation sites (tertiary alicyclic amines) is 2. The zero-order valence-corrected chi connectivity index (χ0v) is 20.2. The fraction of sp³-hybridized carbons (Fsp3) is 0.571. The van der Waals surface area contributed by atoms with E-state index in [1.165, 1.54) is 86.5 Å². The maximum Gasteiger partial charge on any atom is 0.143 e. The maximum absolute atomic E-state index is 6.36. The molecule has 1 aromatic heterocycles. The van der Waals surface area contributed by atoms with Gasteiger partial charge in [-0.1, -0.05) is 25.0 Å². The number of hydrogen-bond donors (Lipinski definition) is 0. The zero-order valence-electron chi connectivity index (χ0n) is 20.2. The van der Waals surface area contributed by atoms with Gasteiger partial charge in [0.05, 0.1) is 11.0 Å². The summed E-state index contributed by atoms with van der Waals surface area (Å²) in [4.78, 5) is 5.06. The van der Waals surface area contributed by atoms with E-state index in [0.29, 0.717) is 0 Å². The minimum atomic E-state index is 0.745. The van der Waals surface area contributed by atoms with Crippen LogP contribution in [-0.4, -0.2) is 66.8 Å². The number of aryl methyl sites for hydroxylation is 1. The molecule has 2 aliphatic heterocycles. The first-order valence-electron chi connectivity index (χ1n) is 13.1. The summed E-state index contributed by atoms with van der Waals surface area (Å²) in [5.41, 5.74) is 2.44. The van der Waals surface area contributed by atoms with Crippen molar-refractivity contribution < 1.29 is 9.47 Å². The van der Waals surface area contributed by atoms with Crippen LogP contribution in [0.5, 0.6) is 11.5 Å². The predicted octanol–water partition coefficient (Wildman–Crippen LogP) is 5.54. The SMILES string of the molecule is CCn1c2cc(OCCN3CCCCC3)ccc2c2cccc(OCCN3CCCCC3)c21. The van der Waals surface area contributed by atoms with Gasteiger partial charge in [0.1, 0.15) is 24.7 Å². The Morgan fingerprint density at radius 1 is 0.727 bits per heavy atom. The number of piperidine rings is 2. The van der Waals surface area contributed by atoms with Crippen molar-refractivity contribution in [2.24, 2.45) is 0 Å². The minimum absolute atomic E-state index is 0.745. The molecule has 0 N–H and O–H groups in total. The van der Waals surface area contributed by atoms with Crippen LogP contribution in [0.3, 0.4) is 0 Å². The van der Waals surface area contributed by atoms with Crippen molar-refractivity contribution in [2.75, 3.05) is 52.5 Å². The number of ether oxygens (including phenoxy) is 2. The quantitative estimate of drug-likeness (QED) is 0.429. The average Bonchev–Trinajstić information content (AvgIpc) is 3.19. The Bertz CT molecular complexity index is 1050. The van der Waals surface area contributed by atoms with E-state index < -0.39 is 0 Å². The lowest BCUT2D eigenvalue weighted by molar-refractivity contribution is 0.183. The maximum atomic E-state index is 6.36. The molecule has 0 bridgehead atoms. The molecule has 3 heterocycles. The topological polar surface area (TPSA) is 29.9 Å². The largest absolute Gasteiger partial charge is 0.492 e. The molecule has 0 spiro atoms. The smallest absolute Gasteiger partial charge is 0.143 e. The Labute approximate surface area is 198 Å². The highest BCUT2D eigenvalue weighted by atomic mass is 16.5. The third kappa shape index (κ3) is 5.15. The van der Waals surface area contributed by atoms with Crippen LogP contribution in [0.4, 0.5) is 0 Å². The van der Waals surface area contributed by atoms with Gasteiger partial charge in [0.2, 0.25) is 0 Å². The van der Waals surface area contributed by atoms with E-state index in [1.807, 2.05) is 0 Å². The highest BCUT2D eigenvalue weighted by molar-refractivity contribution is 6.10. The molecule has 0 atom stereocenters. The molecular weight excluding hydrogens is 410 g/mol. The Balaban J connectivity index is 1.32. The summed E-state index contributed by atoms with van der Waals surface area (Å²) in [6, 6.07) is 13.0. The van der Waals surface area contributed by atoms with Crippen LogP contribution in [-0.2, 0) is 6.54 Å². The van der Waals surface area contributed by atoms with Crippen LogP contribution in [0.25, 0.3) is 21.8 Å². The number of para-hydroxylation sites is 1. The van der Waals surface area contributed by atoms with E-state index in [4.69, 9.17) is 9.47 Å². The molecule has 5 rings (SSSR count). The van der Waals surface area contributed by atoms with Crippen molar-refractivity contribution in [3.05, 3.63) is 36.4 Å². The average molecular weight is 450 g/mol. The molecule has 178 valence electrons. The number of benzene rings is 2. The highest BCUT2D eigenvalue weighted by Crippen LogP contribution is 2.36. The number of hydrogen-bond acceptors (Lipinski definition) is 4. The standard InChI is InChI=1S/C28H39N3O2/c1-2-31-26-22-23(32-20-18-29-14-5-3-6-15-29)12-13-24(26)25-10-9-11-27(28(25)31)33-21-19-30-16-7-4-8-17-30/h9-13,22H,2-8,14-21H2,1H3. The monoisotopic (exact) mass is 449 g/mol. The first kappa shape index (κ1) is 22.5. The van der Waals surface area contributed by atoms with Gasteiger partial charge >= 0.3 is 0 Å². The molecule has 33 heavy (non-hydrogen) atoms. The van der Waals surface area contributed by atoms with Crippen molar-refractivity contribution in [3.63, 3.8) is 0 Å². The molecule has 0 unspecified atom stereocenters. The summed E-state index contributed by atoms with van der Waals surface area (Å²) in [6.45, 7) is 11.5. The fourth-order valence-corrected chi connectivity index (χ4v) is 5.58. The van der Waals surface area contributed by atoms with E-state index in [-0.39, 0.29) is 0 Å². The summed E-state index contributed by atoms with van der Waals surface area (Å²) in [6.07, 6.45) is 8.04. The van der Waals surface area contributed by atoms with Crippen LogP contribution in [0.2, 0.25) is 0 Å². The fourth-order valence-electron chi connectivity index (χ4n) is 5.58. The van der Waals surface area contributed by atoms with Gasteiger partial charge in [0.25, 0.3) is 0 Å². The molecule has 0 aliphatic carbocycles. The van der Waals surface area contributed by atoms with E-state index >= 15 is 0 Å². The molecule has 0 saturated carbocycles. The van der Waals surface area contributed by atoms with Gasteiger partial charge in [-0.15, -0.1) is 0 Å². The highest BCUT2D eigenvalue weighted by Gasteiger charge is 2.16. The lowest BCUT2D eigenvalue weighted by Gasteiger charge is -2.26. The van der Waals surface area contributed by atoms with Gasteiger partial charge in [-0.2, -0.15) is 0 Å². The molecular formula is C28H39N3O2. The number of aromatic nitrogens is 1. The van der Waals surface area contributed by atoms with Gasteiger partial charge in [-0.3, -0.25) is 9.80 Å². The molecule has 5 nitrogen and oxygen atoms in total. The molecule has 2 fully saturated rings. The zero-order chi connectivity index (χ0) is 22.5. The van der Waals surface area contributed by atoms with Gasteiger partial charge in [0.15, 0.2) is 0 Å². The second kappa shape index (κ2) is 10.8. The molecule has 0 amide bonds. The van der Waals surface area contributed by atoms with Crippen molar-refractivity contribution >= 4 is 21.8 Å². The second-order valence-corrected chi connectivity index (χ2v) is 9.58. The summed E-state index contributed by atoms with van der Waals surface area (Å²) in [5, 5.41) is 2.54. The summed E-state index contributed by atoms with van der Waals surface area (Å²) < 4.78 is 14.9. The van der Waals surface area contributed by atoms with E-state index in [1.54, 1.807) is 0 Å². The van der Waals surface area contributed by atoms with Crippen LogP contribution in [0, 0.1) is 0 Å². The van der Waals surface area contributed by atoms with Gasteiger partial charge in [-0.05, 0) is 77.0 Å². The Hall–Kier alpha value is -2.24. The Morgan fingerprint density at radius 3 is 2.06 bits per heavy atom. The molecule has 3 aromatic rings. The Morgan fingerprint density at radius 2 is 1.39 bits per heavy atom. The lowest BCUT2D eigenvalue weighted by Crippen LogP contribution is -2.33. The van der Waals surface area contributed by atoms with Crippen LogP contribution < -0.4 is 9.47 Å². The second-order valence-electron chi connectivity index (χ2n) is 9.58. The summed E-state index contributed by atoms with van der Waals surface area (Å²) in [5.74, 6) is 1.96. The van der Waals surface area contributed by atoms with Gasteiger partial charge in [-0.25, -0.2) is 0 Å². The third-order valence-corrected chi connectivity index (χ3v) is 7.37. The molecule has 0 radical (unpaired) electrons. The molecule has 2 aliphatic rings. The minimum Gasteiger partial charge on any atom is -0.492 e. The van der Waals surface area contributed by atoms with Crippen molar-refractivity contribution in [1.29, 1.82) is 0 Å². The number of nitrogens with zero attached hydrogens (tertiary/aromatic N) is 3. The molecule has 5 heteroatoms. The summed E-state index contributed by atoms with van der Waals surface area (Å²) in [7, 11) is 0. The first-order chi connectivity index (χ1) is 16.3. The van der Waals surface area contributed by atoms with E-state index in [0.717, 1.165) is 44.3 Å². The first-order valence-corrected chi connectivity index (χ1v) is 13.1. The number of fused-ring (bicyclic) bond motifs is 3. The lowest BCUT2D eigenvalue weighted by atomic mass is 10.1. The predicted molar refractivity (Wildman–Crippen MR) is 137 cm³/mol. The van der Waals surface area contributed by atoms with Crippen LogP contribution in [0.15, 0.2) is 36.4 Å². The van der Waals surface area contributed by atoms with Crippen LogP contribution >= 0.6 is 0 Å². The summed E-state index contributed by atoms with van der Waals surface area (Å²) >= 11 is 0. The van der Waals surface area contributed by atoms with Crippen molar-refractivity contribution in [3.8, 4) is 11.5 Å². The van der Waals surface area contributed by atoms with Gasteiger partial charge < -0.3 is 14.0 Å². The molecule has 2 aromatic carbocycles. The van der Waals surface area contributed by atoms with Crippen molar-refractivity contribution in [1.82, 2.24) is 14.4 Å². The normalized spacial score (nSPS) is 18.2.